The molecule has 0 aliphatic heterocycles. The molecule has 2 rings (SSSR count). The number of anilines is 1. The quantitative estimate of drug-likeness (QED) is 0.921. The molecular formula is C13H7Cl2N3O. The predicted molar refractivity (Wildman–Crippen MR) is 73.4 cm³/mol. The van der Waals surface area contributed by atoms with Crippen molar-refractivity contribution in [1.82, 2.24) is 4.98 Å². The minimum Gasteiger partial charge on any atom is -0.321 e. The second kappa shape index (κ2) is 5.70. The van der Waals surface area contributed by atoms with Gasteiger partial charge in [-0.25, -0.2) is 4.98 Å². The van der Waals surface area contributed by atoms with Gasteiger partial charge < -0.3 is 5.32 Å². The monoisotopic (exact) mass is 291 g/mol. The number of hydrogen-bond donors (Lipinski definition) is 1. The lowest BCUT2D eigenvalue weighted by atomic mass is 10.2. The molecule has 0 saturated heterocycles. The molecule has 0 fully saturated rings. The van der Waals surface area contributed by atoms with Crippen LogP contribution in [-0.2, 0) is 0 Å². The van der Waals surface area contributed by atoms with E-state index in [1.165, 1.54) is 24.4 Å². The zero-order chi connectivity index (χ0) is 13.8. The van der Waals surface area contributed by atoms with Gasteiger partial charge in [0.2, 0.25) is 0 Å². The van der Waals surface area contributed by atoms with Crippen molar-refractivity contribution < 1.29 is 4.79 Å². The Morgan fingerprint density at radius 2 is 2.05 bits per heavy atom. The van der Waals surface area contributed by atoms with Gasteiger partial charge in [-0.2, -0.15) is 5.26 Å². The first-order valence-corrected chi connectivity index (χ1v) is 5.98. The van der Waals surface area contributed by atoms with Crippen LogP contribution in [0, 0.1) is 11.3 Å². The highest BCUT2D eigenvalue weighted by Gasteiger charge is 2.09. The van der Waals surface area contributed by atoms with Gasteiger partial charge in [0, 0.05) is 11.2 Å². The average molecular weight is 292 g/mol. The third-order valence-corrected chi connectivity index (χ3v) is 2.87. The van der Waals surface area contributed by atoms with Crippen LogP contribution in [0.3, 0.4) is 0 Å². The summed E-state index contributed by atoms with van der Waals surface area (Å²) in [5, 5.41) is 12.1. The van der Waals surface area contributed by atoms with Crippen molar-refractivity contribution in [2.24, 2.45) is 0 Å². The molecule has 0 saturated carbocycles. The van der Waals surface area contributed by atoms with Gasteiger partial charge in [-0.15, -0.1) is 0 Å². The van der Waals surface area contributed by atoms with Crippen LogP contribution in [0.15, 0.2) is 36.5 Å². The Labute approximate surface area is 119 Å². The highest BCUT2D eigenvalue weighted by Crippen LogP contribution is 2.25. The van der Waals surface area contributed by atoms with E-state index in [1.54, 1.807) is 12.1 Å². The maximum absolute atomic E-state index is 11.9. The lowest BCUT2D eigenvalue weighted by molar-refractivity contribution is 0.102. The molecule has 0 spiro atoms. The van der Waals surface area contributed by atoms with Crippen LogP contribution in [0.4, 0.5) is 5.69 Å². The number of carbonyl (C=O) groups excluding carboxylic acids is 1. The largest absolute Gasteiger partial charge is 0.321 e. The predicted octanol–water partition coefficient (Wildman–Crippen LogP) is 3.51. The molecule has 1 amide bonds. The summed E-state index contributed by atoms with van der Waals surface area (Å²) in [5.74, 6) is -0.360. The van der Waals surface area contributed by atoms with Crippen molar-refractivity contribution in [2.45, 2.75) is 0 Å². The number of nitrogens with zero attached hydrogens (tertiary/aromatic N) is 2. The van der Waals surface area contributed by atoms with Crippen molar-refractivity contribution in [1.29, 1.82) is 5.26 Å². The van der Waals surface area contributed by atoms with E-state index in [2.05, 4.69) is 10.3 Å². The van der Waals surface area contributed by atoms with Crippen LogP contribution < -0.4 is 5.32 Å². The van der Waals surface area contributed by atoms with Crippen LogP contribution in [0.2, 0.25) is 10.0 Å². The second-order valence-electron chi connectivity index (χ2n) is 3.62. The molecule has 1 aromatic heterocycles. The van der Waals surface area contributed by atoms with Crippen molar-refractivity contribution in [3.63, 3.8) is 0 Å². The van der Waals surface area contributed by atoms with Gasteiger partial charge in [0.15, 0.2) is 0 Å². The number of benzene rings is 1. The Morgan fingerprint density at radius 1 is 1.26 bits per heavy atom. The second-order valence-corrected chi connectivity index (χ2v) is 4.47. The maximum Gasteiger partial charge on any atom is 0.257 e. The average Bonchev–Trinajstić information content (AvgIpc) is 2.42. The number of aromatic nitrogens is 1. The number of hydrogen-bond acceptors (Lipinski definition) is 3. The van der Waals surface area contributed by atoms with Gasteiger partial charge in [0.25, 0.3) is 5.91 Å². The Bertz CT molecular complexity index is 663. The zero-order valence-electron chi connectivity index (χ0n) is 9.52. The maximum atomic E-state index is 11.9. The molecule has 94 valence electrons. The van der Waals surface area contributed by atoms with Crippen molar-refractivity contribution >= 4 is 34.8 Å². The summed E-state index contributed by atoms with van der Waals surface area (Å²) in [6, 6.07) is 9.64. The molecule has 6 heteroatoms. The van der Waals surface area contributed by atoms with E-state index in [9.17, 15) is 4.79 Å². The highest BCUT2D eigenvalue weighted by molar-refractivity contribution is 6.36. The molecule has 1 aromatic carbocycles. The number of nitrogens with one attached hydrogen (secondary N) is 1. The molecule has 0 atom stereocenters. The molecule has 0 unspecified atom stereocenters. The smallest absolute Gasteiger partial charge is 0.257 e. The van der Waals surface area contributed by atoms with Gasteiger partial charge >= 0.3 is 0 Å². The fraction of sp³-hybridized carbons (Fsp3) is 0. The van der Waals surface area contributed by atoms with Crippen LogP contribution in [0.5, 0.6) is 0 Å². The lowest BCUT2D eigenvalue weighted by Gasteiger charge is -2.07. The van der Waals surface area contributed by atoms with E-state index in [0.717, 1.165) is 0 Å². The molecule has 1 heterocycles. The minimum absolute atomic E-state index is 0.251. The summed E-state index contributed by atoms with van der Waals surface area (Å²) < 4.78 is 0. The molecule has 19 heavy (non-hydrogen) atoms. The minimum atomic E-state index is -0.360. The molecule has 0 aliphatic carbocycles. The molecule has 0 bridgehead atoms. The standard InChI is InChI=1S/C13H7Cl2N3O/c14-9-2-4-12(11(15)5-9)18-13(19)8-1-3-10(6-16)17-7-8/h1-5,7H,(H,18,19). The Hall–Kier alpha value is -2.09. The van der Waals surface area contributed by atoms with Crippen LogP contribution >= 0.6 is 23.2 Å². The number of pyridine rings is 1. The Kier molecular flexibility index (Phi) is 4.00. The van der Waals surface area contributed by atoms with E-state index >= 15 is 0 Å². The molecule has 2 aromatic rings. The van der Waals surface area contributed by atoms with Gasteiger partial charge in [-0.3, -0.25) is 4.79 Å². The van der Waals surface area contributed by atoms with Crippen molar-refractivity contribution in [3.8, 4) is 6.07 Å². The summed E-state index contributed by atoms with van der Waals surface area (Å²) in [5.41, 5.74) is 1.05. The van der Waals surface area contributed by atoms with Crippen LogP contribution in [0.1, 0.15) is 16.1 Å². The van der Waals surface area contributed by atoms with E-state index in [-0.39, 0.29) is 11.6 Å². The summed E-state index contributed by atoms with van der Waals surface area (Å²) in [6.45, 7) is 0. The first-order chi connectivity index (χ1) is 9.10. The molecular weight excluding hydrogens is 285 g/mol. The lowest BCUT2D eigenvalue weighted by Crippen LogP contribution is -2.12. The summed E-state index contributed by atoms with van der Waals surface area (Å²) >= 11 is 11.7. The molecule has 1 N–H and O–H groups in total. The van der Waals surface area contributed by atoms with E-state index in [1.807, 2.05) is 6.07 Å². The molecule has 0 radical (unpaired) electrons. The number of amides is 1. The van der Waals surface area contributed by atoms with E-state index < -0.39 is 0 Å². The fourth-order valence-electron chi connectivity index (χ4n) is 1.38. The van der Waals surface area contributed by atoms with Gasteiger partial charge in [0.1, 0.15) is 11.8 Å². The van der Waals surface area contributed by atoms with Crippen molar-refractivity contribution in [3.05, 3.63) is 57.8 Å². The van der Waals surface area contributed by atoms with Gasteiger partial charge in [-0.1, -0.05) is 23.2 Å². The summed E-state index contributed by atoms with van der Waals surface area (Å²) in [4.78, 5) is 15.7. The normalized spacial score (nSPS) is 9.74. The summed E-state index contributed by atoms with van der Waals surface area (Å²) in [6.07, 6.45) is 1.33. The van der Waals surface area contributed by atoms with E-state index in [0.29, 0.717) is 21.3 Å². The van der Waals surface area contributed by atoms with Gasteiger partial charge in [-0.05, 0) is 30.3 Å². The van der Waals surface area contributed by atoms with Crippen LogP contribution in [-0.4, -0.2) is 10.9 Å². The number of halogens is 2. The van der Waals surface area contributed by atoms with Crippen LogP contribution in [0.25, 0.3) is 0 Å². The Balaban J connectivity index is 2.18. The topological polar surface area (TPSA) is 65.8 Å². The van der Waals surface area contributed by atoms with Crippen molar-refractivity contribution in [2.75, 3.05) is 5.32 Å². The third kappa shape index (κ3) is 3.22. The molecule has 4 nitrogen and oxygen atoms in total. The molecule has 0 aliphatic rings. The first kappa shape index (κ1) is 13.3. The zero-order valence-corrected chi connectivity index (χ0v) is 11.0. The Morgan fingerprint density at radius 3 is 2.63 bits per heavy atom. The summed E-state index contributed by atoms with van der Waals surface area (Å²) in [7, 11) is 0. The number of nitriles is 1. The number of rotatable bonds is 2. The highest BCUT2D eigenvalue weighted by atomic mass is 35.5. The first-order valence-electron chi connectivity index (χ1n) is 5.22. The van der Waals surface area contributed by atoms with Gasteiger partial charge in [0.05, 0.1) is 16.3 Å². The SMILES string of the molecule is N#Cc1ccc(C(=O)Nc2ccc(Cl)cc2Cl)cn1. The van der Waals surface area contributed by atoms with E-state index in [4.69, 9.17) is 28.5 Å². The fourth-order valence-corrected chi connectivity index (χ4v) is 1.84. The third-order valence-electron chi connectivity index (χ3n) is 2.32. The number of carbonyl (C=O) groups is 1.